The molecule has 1 aliphatic carbocycles. The summed E-state index contributed by atoms with van der Waals surface area (Å²) >= 11 is 0. The number of hydrogen-bond donors (Lipinski definition) is 0. The molecule has 0 unspecified atom stereocenters. The molecule has 1 fully saturated rings. The van der Waals surface area contributed by atoms with E-state index in [4.69, 9.17) is 5.10 Å². The smallest absolute Gasteiger partial charge is 0.156 e. The summed E-state index contributed by atoms with van der Waals surface area (Å²) < 4.78 is 16.1. The van der Waals surface area contributed by atoms with Gasteiger partial charge in [-0.15, -0.1) is 0 Å². The minimum Gasteiger partial charge on any atom is -0.229 e. The largest absolute Gasteiger partial charge is 0.229 e. The average molecular weight is 349 g/mol. The van der Waals surface area contributed by atoms with Crippen LogP contribution < -0.4 is 0 Å². The van der Waals surface area contributed by atoms with E-state index in [-0.39, 0.29) is 5.82 Å². The minimum absolute atomic E-state index is 0.259. The number of fused-ring (bicyclic) bond motifs is 1. The second kappa shape index (κ2) is 7.02. The lowest BCUT2D eigenvalue weighted by Gasteiger charge is -2.22. The molecule has 1 aromatic carbocycles. The van der Waals surface area contributed by atoms with Gasteiger partial charge in [-0.2, -0.15) is 5.10 Å². The van der Waals surface area contributed by atoms with Gasteiger partial charge in [0.05, 0.1) is 11.4 Å². The first-order chi connectivity index (χ1) is 12.6. The first-order valence-corrected chi connectivity index (χ1v) is 9.42. The monoisotopic (exact) mass is 349 g/mol. The van der Waals surface area contributed by atoms with E-state index in [1.807, 2.05) is 23.6 Å². The summed E-state index contributed by atoms with van der Waals surface area (Å²) in [5.74, 6) is 0.429. The van der Waals surface area contributed by atoms with Gasteiger partial charge in [0, 0.05) is 17.3 Å². The van der Waals surface area contributed by atoms with Crippen molar-refractivity contribution in [2.45, 2.75) is 45.4 Å². The number of allylic oxidation sites excluding steroid dienone is 1. The lowest BCUT2D eigenvalue weighted by molar-refractivity contribution is 0.352. The zero-order valence-corrected chi connectivity index (χ0v) is 15.2. The molecule has 1 saturated carbocycles. The van der Waals surface area contributed by atoms with Crippen molar-refractivity contribution in [3.8, 4) is 11.3 Å². The molecular formula is C22H24FN3. The third-order valence-electron chi connectivity index (χ3n) is 5.31. The molecule has 2 aromatic heterocycles. The Morgan fingerprint density at radius 3 is 2.69 bits per heavy atom. The predicted molar refractivity (Wildman–Crippen MR) is 103 cm³/mol. The van der Waals surface area contributed by atoms with Crippen LogP contribution in [-0.2, 0) is 6.42 Å². The maximum atomic E-state index is 14.2. The van der Waals surface area contributed by atoms with Crippen LogP contribution in [0.1, 0.15) is 50.4 Å². The van der Waals surface area contributed by atoms with Crippen molar-refractivity contribution in [3.63, 3.8) is 0 Å². The van der Waals surface area contributed by atoms with Gasteiger partial charge in [0.2, 0.25) is 0 Å². The summed E-state index contributed by atoms with van der Waals surface area (Å²) in [5, 5.41) is 4.69. The summed E-state index contributed by atoms with van der Waals surface area (Å²) in [6.45, 7) is 6.02. The van der Waals surface area contributed by atoms with E-state index >= 15 is 0 Å². The lowest BCUT2D eigenvalue weighted by atomic mass is 9.86. The van der Waals surface area contributed by atoms with Crippen LogP contribution in [0, 0.1) is 11.7 Å². The molecule has 26 heavy (non-hydrogen) atoms. The quantitative estimate of drug-likeness (QED) is 0.605. The van der Waals surface area contributed by atoms with Crippen LogP contribution in [0.4, 0.5) is 4.39 Å². The molecule has 0 bridgehead atoms. The van der Waals surface area contributed by atoms with E-state index < -0.39 is 0 Å². The van der Waals surface area contributed by atoms with Gasteiger partial charge in [0.15, 0.2) is 5.65 Å². The molecule has 0 aliphatic heterocycles. The van der Waals surface area contributed by atoms with Gasteiger partial charge in [-0.25, -0.2) is 13.9 Å². The Balaban J connectivity index is 1.80. The van der Waals surface area contributed by atoms with Crippen LogP contribution in [0.3, 0.4) is 0 Å². The highest BCUT2D eigenvalue weighted by molar-refractivity contribution is 5.67. The fourth-order valence-electron chi connectivity index (χ4n) is 3.89. The van der Waals surface area contributed by atoms with E-state index in [0.717, 1.165) is 29.0 Å². The van der Waals surface area contributed by atoms with Gasteiger partial charge >= 0.3 is 0 Å². The Bertz CT molecular complexity index is 951. The summed E-state index contributed by atoms with van der Waals surface area (Å²) in [6, 6.07) is 10.7. The third kappa shape index (κ3) is 3.28. The van der Waals surface area contributed by atoms with Gasteiger partial charge in [-0.3, -0.25) is 0 Å². The maximum Gasteiger partial charge on any atom is 0.156 e. The fourth-order valence-corrected chi connectivity index (χ4v) is 3.89. The van der Waals surface area contributed by atoms with Crippen LogP contribution in [0.2, 0.25) is 0 Å². The first kappa shape index (κ1) is 17.0. The zero-order valence-electron chi connectivity index (χ0n) is 15.2. The van der Waals surface area contributed by atoms with Crippen molar-refractivity contribution in [3.05, 3.63) is 60.2 Å². The number of halogens is 1. The molecule has 1 aliphatic rings. The van der Waals surface area contributed by atoms with Crippen LogP contribution in [0.25, 0.3) is 22.5 Å². The van der Waals surface area contributed by atoms with Crippen molar-refractivity contribution in [1.29, 1.82) is 0 Å². The van der Waals surface area contributed by atoms with Crippen LogP contribution in [0.15, 0.2) is 43.0 Å². The molecule has 134 valence electrons. The van der Waals surface area contributed by atoms with Crippen LogP contribution in [-0.4, -0.2) is 14.6 Å². The second-order valence-corrected chi connectivity index (χ2v) is 7.40. The standard InChI is InChI=1S/C22H24FN3/c1-15(2)20-13-17(12-16-8-4-3-5-9-16)26-22(24-20)14-21(25-26)18-10-6-7-11-19(18)23/h6-7,10-11,13-14,16H,1,3-5,8-9,12H2,2H3. The summed E-state index contributed by atoms with van der Waals surface area (Å²) in [7, 11) is 0. The molecule has 0 N–H and O–H groups in total. The Labute approximate surface area is 153 Å². The summed E-state index contributed by atoms with van der Waals surface area (Å²) in [6.07, 6.45) is 7.50. The van der Waals surface area contributed by atoms with Crippen molar-refractivity contribution >= 4 is 11.2 Å². The first-order valence-electron chi connectivity index (χ1n) is 9.42. The van der Waals surface area contributed by atoms with Gasteiger partial charge in [0.25, 0.3) is 0 Å². The molecule has 0 atom stereocenters. The van der Waals surface area contributed by atoms with E-state index in [9.17, 15) is 4.39 Å². The Morgan fingerprint density at radius 2 is 1.96 bits per heavy atom. The molecule has 3 nitrogen and oxygen atoms in total. The number of rotatable bonds is 4. The number of benzene rings is 1. The molecule has 4 rings (SSSR count). The van der Waals surface area contributed by atoms with E-state index in [1.54, 1.807) is 12.1 Å². The molecule has 0 spiro atoms. The topological polar surface area (TPSA) is 30.2 Å². The Morgan fingerprint density at radius 1 is 1.19 bits per heavy atom. The molecule has 0 radical (unpaired) electrons. The van der Waals surface area contributed by atoms with Crippen molar-refractivity contribution in [2.24, 2.45) is 5.92 Å². The highest BCUT2D eigenvalue weighted by Crippen LogP contribution is 2.29. The normalized spacial score (nSPS) is 15.5. The van der Waals surface area contributed by atoms with Gasteiger partial charge in [0.1, 0.15) is 5.82 Å². The number of hydrogen-bond acceptors (Lipinski definition) is 2. The molecule has 3 aromatic rings. The second-order valence-electron chi connectivity index (χ2n) is 7.40. The van der Waals surface area contributed by atoms with Crippen molar-refractivity contribution in [2.75, 3.05) is 0 Å². The lowest BCUT2D eigenvalue weighted by Crippen LogP contribution is -2.13. The van der Waals surface area contributed by atoms with Crippen LogP contribution in [0.5, 0.6) is 0 Å². The fraction of sp³-hybridized carbons (Fsp3) is 0.364. The SMILES string of the molecule is C=C(C)c1cc(CC2CCCCC2)n2nc(-c3ccccc3F)cc2n1. The molecule has 2 heterocycles. The zero-order chi connectivity index (χ0) is 18.1. The molecule has 0 amide bonds. The Hall–Kier alpha value is -2.49. The minimum atomic E-state index is -0.259. The summed E-state index contributed by atoms with van der Waals surface area (Å²) in [4.78, 5) is 4.68. The number of nitrogens with zero attached hydrogens (tertiary/aromatic N) is 3. The molecule has 4 heteroatoms. The van der Waals surface area contributed by atoms with Crippen molar-refractivity contribution < 1.29 is 4.39 Å². The van der Waals surface area contributed by atoms with Gasteiger partial charge < -0.3 is 0 Å². The van der Waals surface area contributed by atoms with E-state index in [2.05, 4.69) is 17.6 Å². The predicted octanol–water partition coefficient (Wildman–Crippen LogP) is 5.69. The Kier molecular flexibility index (Phi) is 4.58. The highest BCUT2D eigenvalue weighted by Gasteiger charge is 2.18. The van der Waals surface area contributed by atoms with Crippen molar-refractivity contribution in [1.82, 2.24) is 14.6 Å². The summed E-state index contributed by atoms with van der Waals surface area (Å²) in [5.41, 5.74) is 4.87. The molecular weight excluding hydrogens is 325 g/mol. The van der Waals surface area contributed by atoms with Gasteiger partial charge in [-0.05, 0) is 43.0 Å². The maximum absolute atomic E-state index is 14.2. The van der Waals surface area contributed by atoms with Crippen LogP contribution >= 0.6 is 0 Å². The average Bonchev–Trinajstić information content (AvgIpc) is 3.07. The van der Waals surface area contributed by atoms with E-state index in [1.165, 1.54) is 38.2 Å². The number of aromatic nitrogens is 3. The third-order valence-corrected chi connectivity index (χ3v) is 5.31. The van der Waals surface area contributed by atoms with E-state index in [0.29, 0.717) is 17.2 Å². The van der Waals surface area contributed by atoms with Gasteiger partial charge in [-0.1, -0.05) is 50.8 Å². The molecule has 0 saturated heterocycles. The highest BCUT2D eigenvalue weighted by atomic mass is 19.1.